The van der Waals surface area contributed by atoms with Crippen LogP contribution in [0, 0.1) is 5.82 Å². The number of aromatic nitrogens is 5. The second-order valence-electron chi connectivity index (χ2n) is 7.63. The Bertz CT molecular complexity index is 1270. The molecule has 1 aliphatic rings. The molecule has 5 rings (SSSR count). The van der Waals surface area contributed by atoms with Gasteiger partial charge in [0.2, 0.25) is 0 Å². The van der Waals surface area contributed by atoms with Crippen molar-refractivity contribution < 1.29 is 4.39 Å². The molecule has 30 heavy (non-hydrogen) atoms. The molecule has 1 N–H and O–H groups in total. The predicted octanol–water partition coefficient (Wildman–Crippen LogP) is 1.71. The summed E-state index contributed by atoms with van der Waals surface area (Å²) in [5.41, 5.74) is 3.10. The Hall–Kier alpha value is -3.33. The summed E-state index contributed by atoms with van der Waals surface area (Å²) in [4.78, 5) is 21.4. The third-order valence-corrected chi connectivity index (χ3v) is 5.88. The van der Waals surface area contributed by atoms with Crippen LogP contribution in [-0.2, 0) is 13.5 Å². The van der Waals surface area contributed by atoms with Gasteiger partial charge in [-0.05, 0) is 36.2 Å². The maximum atomic E-state index is 13.7. The molecule has 4 aromatic rings. The summed E-state index contributed by atoms with van der Waals surface area (Å²) in [6, 6.07) is 8.16. The average molecular weight is 407 g/mol. The van der Waals surface area contributed by atoms with Crippen molar-refractivity contribution in [2.24, 2.45) is 7.05 Å². The third-order valence-electron chi connectivity index (χ3n) is 5.88. The number of aromatic amines is 1. The molecule has 3 aromatic heterocycles. The number of aryl methyl sites for hydroxylation is 1. The maximum absolute atomic E-state index is 13.7. The first-order chi connectivity index (χ1) is 14.6. The SMILES string of the molecule is Cn1c(=O)cc(CCN2CCN(c3nccc4n[nH]nc34)CC2)c2ccc(F)cc21. The van der Waals surface area contributed by atoms with Gasteiger partial charge < -0.3 is 9.47 Å². The number of halogens is 1. The van der Waals surface area contributed by atoms with Gasteiger partial charge in [0.15, 0.2) is 11.3 Å². The van der Waals surface area contributed by atoms with E-state index in [4.69, 9.17) is 0 Å². The number of anilines is 1. The number of piperazine rings is 1. The first kappa shape index (κ1) is 18.7. The Balaban J connectivity index is 1.28. The summed E-state index contributed by atoms with van der Waals surface area (Å²) < 4.78 is 15.2. The summed E-state index contributed by atoms with van der Waals surface area (Å²) in [6.45, 7) is 4.33. The minimum atomic E-state index is -0.332. The number of hydrogen-bond acceptors (Lipinski definition) is 6. The van der Waals surface area contributed by atoms with Crippen LogP contribution < -0.4 is 10.5 Å². The van der Waals surface area contributed by atoms with Crippen LogP contribution in [0.15, 0.2) is 41.3 Å². The number of nitrogens with zero attached hydrogens (tertiary/aromatic N) is 6. The van der Waals surface area contributed by atoms with Crippen molar-refractivity contribution in [1.29, 1.82) is 0 Å². The predicted molar refractivity (Wildman–Crippen MR) is 113 cm³/mol. The van der Waals surface area contributed by atoms with E-state index in [0.717, 1.165) is 66.9 Å². The molecule has 0 amide bonds. The van der Waals surface area contributed by atoms with Crippen LogP contribution in [0.25, 0.3) is 21.9 Å². The first-order valence-corrected chi connectivity index (χ1v) is 10.0. The van der Waals surface area contributed by atoms with Crippen LogP contribution in [0.4, 0.5) is 10.2 Å². The summed E-state index contributed by atoms with van der Waals surface area (Å²) >= 11 is 0. The van der Waals surface area contributed by atoms with Gasteiger partial charge in [-0.2, -0.15) is 15.4 Å². The van der Waals surface area contributed by atoms with E-state index in [2.05, 4.69) is 30.2 Å². The lowest BCUT2D eigenvalue weighted by atomic mass is 10.1. The van der Waals surface area contributed by atoms with Crippen molar-refractivity contribution in [3.63, 3.8) is 0 Å². The molecule has 1 saturated heterocycles. The topological polar surface area (TPSA) is 82.9 Å². The minimum Gasteiger partial charge on any atom is -0.352 e. The Morgan fingerprint density at radius 2 is 1.93 bits per heavy atom. The zero-order chi connectivity index (χ0) is 20.7. The normalized spacial score (nSPS) is 15.3. The Kier molecular flexibility index (Phi) is 4.66. The second-order valence-corrected chi connectivity index (χ2v) is 7.63. The molecule has 0 bridgehead atoms. The van der Waals surface area contributed by atoms with Crippen LogP contribution in [0.5, 0.6) is 0 Å². The van der Waals surface area contributed by atoms with E-state index in [0.29, 0.717) is 5.52 Å². The van der Waals surface area contributed by atoms with Crippen molar-refractivity contribution in [2.75, 3.05) is 37.6 Å². The average Bonchev–Trinajstić information content (AvgIpc) is 3.25. The van der Waals surface area contributed by atoms with Gasteiger partial charge in [0.25, 0.3) is 5.56 Å². The Labute approximate surface area is 171 Å². The molecular formula is C21H22FN7O. The molecule has 0 spiro atoms. The molecule has 154 valence electrons. The Morgan fingerprint density at radius 3 is 2.77 bits per heavy atom. The molecule has 1 aliphatic heterocycles. The molecule has 4 heterocycles. The molecule has 0 aliphatic carbocycles. The van der Waals surface area contributed by atoms with Gasteiger partial charge in [-0.3, -0.25) is 9.69 Å². The molecule has 9 heteroatoms. The number of nitrogens with one attached hydrogen (secondary N) is 1. The molecular weight excluding hydrogens is 385 g/mol. The summed E-state index contributed by atoms with van der Waals surface area (Å²) in [5.74, 6) is 0.530. The smallest absolute Gasteiger partial charge is 0.251 e. The molecule has 8 nitrogen and oxygen atoms in total. The molecule has 0 unspecified atom stereocenters. The zero-order valence-electron chi connectivity index (χ0n) is 16.7. The van der Waals surface area contributed by atoms with Crippen LogP contribution in [0.3, 0.4) is 0 Å². The van der Waals surface area contributed by atoms with Crippen LogP contribution in [0.2, 0.25) is 0 Å². The highest BCUT2D eigenvalue weighted by molar-refractivity contribution is 5.85. The van der Waals surface area contributed by atoms with Crippen molar-refractivity contribution in [2.45, 2.75) is 6.42 Å². The summed E-state index contributed by atoms with van der Waals surface area (Å²) in [5, 5.41) is 12.0. The number of pyridine rings is 2. The standard InChI is InChI=1S/C21H22FN7O/c1-27-18-13-15(22)2-3-16(18)14(12-19(27)30)5-7-28-8-10-29(11-9-28)21-20-17(4-6-23-21)24-26-25-20/h2-4,6,12-13H,5,7-11H2,1H3,(H,24,25,26). The van der Waals surface area contributed by atoms with Gasteiger partial charge in [0, 0.05) is 57.4 Å². The lowest BCUT2D eigenvalue weighted by molar-refractivity contribution is 0.261. The Morgan fingerprint density at radius 1 is 1.10 bits per heavy atom. The van der Waals surface area contributed by atoms with Crippen molar-refractivity contribution in [3.05, 3.63) is 58.3 Å². The van der Waals surface area contributed by atoms with E-state index < -0.39 is 0 Å². The number of fused-ring (bicyclic) bond motifs is 2. The van der Waals surface area contributed by atoms with E-state index >= 15 is 0 Å². The number of benzene rings is 1. The minimum absolute atomic E-state index is 0.111. The summed E-state index contributed by atoms with van der Waals surface area (Å²) in [7, 11) is 1.68. The number of H-pyrrole nitrogens is 1. The fraction of sp³-hybridized carbons (Fsp3) is 0.333. The largest absolute Gasteiger partial charge is 0.352 e. The van der Waals surface area contributed by atoms with E-state index in [1.54, 1.807) is 25.4 Å². The second kappa shape index (κ2) is 7.49. The summed E-state index contributed by atoms with van der Waals surface area (Å²) in [6.07, 6.45) is 2.51. The van der Waals surface area contributed by atoms with Gasteiger partial charge in [-0.15, -0.1) is 0 Å². The van der Waals surface area contributed by atoms with Gasteiger partial charge in [-0.25, -0.2) is 9.37 Å². The van der Waals surface area contributed by atoms with E-state index in [1.165, 1.54) is 16.7 Å². The van der Waals surface area contributed by atoms with E-state index in [9.17, 15) is 9.18 Å². The lowest BCUT2D eigenvalue weighted by Gasteiger charge is -2.35. The van der Waals surface area contributed by atoms with Crippen LogP contribution >= 0.6 is 0 Å². The number of rotatable bonds is 4. The third kappa shape index (κ3) is 3.30. The monoisotopic (exact) mass is 407 g/mol. The molecule has 1 aromatic carbocycles. The quantitative estimate of drug-likeness (QED) is 0.555. The van der Waals surface area contributed by atoms with Gasteiger partial charge in [0.05, 0.1) is 5.52 Å². The highest BCUT2D eigenvalue weighted by atomic mass is 19.1. The molecule has 0 atom stereocenters. The van der Waals surface area contributed by atoms with Crippen molar-refractivity contribution in [1.82, 2.24) is 29.9 Å². The molecule has 1 fully saturated rings. The fourth-order valence-corrected chi connectivity index (χ4v) is 4.16. The fourth-order valence-electron chi connectivity index (χ4n) is 4.16. The molecule has 0 saturated carbocycles. The van der Waals surface area contributed by atoms with E-state index in [-0.39, 0.29) is 11.4 Å². The van der Waals surface area contributed by atoms with Gasteiger partial charge in [-0.1, -0.05) is 0 Å². The molecule has 0 radical (unpaired) electrons. The highest BCUT2D eigenvalue weighted by Gasteiger charge is 2.21. The van der Waals surface area contributed by atoms with Crippen molar-refractivity contribution in [3.8, 4) is 0 Å². The first-order valence-electron chi connectivity index (χ1n) is 10.0. The zero-order valence-corrected chi connectivity index (χ0v) is 16.7. The van der Waals surface area contributed by atoms with E-state index in [1.807, 2.05) is 6.07 Å². The lowest BCUT2D eigenvalue weighted by Crippen LogP contribution is -2.47. The van der Waals surface area contributed by atoms with Crippen LogP contribution in [0.1, 0.15) is 5.56 Å². The van der Waals surface area contributed by atoms with Gasteiger partial charge in [0.1, 0.15) is 11.3 Å². The maximum Gasteiger partial charge on any atom is 0.251 e. The highest BCUT2D eigenvalue weighted by Crippen LogP contribution is 2.22. The van der Waals surface area contributed by atoms with Crippen LogP contribution in [-0.4, -0.2) is 62.6 Å². The van der Waals surface area contributed by atoms with Gasteiger partial charge >= 0.3 is 0 Å². The van der Waals surface area contributed by atoms with Crippen molar-refractivity contribution >= 4 is 27.8 Å². The number of hydrogen-bond donors (Lipinski definition) is 1.